The lowest BCUT2D eigenvalue weighted by Crippen LogP contribution is -2.31. The van der Waals surface area contributed by atoms with Crippen LogP contribution in [0.15, 0.2) is 6.20 Å². The zero-order chi connectivity index (χ0) is 17.2. The van der Waals surface area contributed by atoms with E-state index in [9.17, 15) is 21.9 Å². The number of carbonyl (C=O) groups is 2. The number of ether oxygens (including phenoxy) is 1. The molecule has 1 fully saturated rings. The minimum atomic E-state index is -4.89. The first-order valence-corrected chi connectivity index (χ1v) is 8.31. The molecule has 0 saturated carbocycles. The van der Waals surface area contributed by atoms with Gasteiger partial charge in [-0.3, -0.25) is 9.69 Å². The number of halogens is 1. The van der Waals surface area contributed by atoms with Crippen LogP contribution in [0.3, 0.4) is 0 Å². The van der Waals surface area contributed by atoms with Gasteiger partial charge < -0.3 is 9.84 Å². The summed E-state index contributed by atoms with van der Waals surface area (Å²) in [4.78, 5) is 25.0. The quantitative estimate of drug-likeness (QED) is 0.541. The Bertz CT molecular complexity index is 716. The van der Waals surface area contributed by atoms with Gasteiger partial charge in [0.1, 0.15) is 16.6 Å². The van der Waals surface area contributed by atoms with Crippen LogP contribution in [0.4, 0.5) is 9.70 Å². The minimum absolute atomic E-state index is 0.00588. The molecule has 1 unspecified atom stereocenters. The number of anilines is 1. The number of amides is 1. The molecule has 1 saturated heterocycles. The Kier molecular flexibility index (Phi) is 5.00. The largest absolute Gasteiger partial charge is 0.462 e. The van der Waals surface area contributed by atoms with Crippen LogP contribution in [0.2, 0.25) is 0 Å². The van der Waals surface area contributed by atoms with Gasteiger partial charge in [-0.15, -0.1) is 3.89 Å². The van der Waals surface area contributed by atoms with Crippen molar-refractivity contribution in [3.05, 3.63) is 11.8 Å². The number of esters is 1. The number of aliphatic hydroxyl groups excluding tert-OH is 1. The average molecular weight is 349 g/mol. The number of rotatable bonds is 6. The first-order chi connectivity index (χ1) is 10.8. The van der Waals surface area contributed by atoms with Crippen LogP contribution < -0.4 is 4.90 Å². The van der Waals surface area contributed by atoms with E-state index in [0.29, 0.717) is 0 Å². The summed E-state index contributed by atoms with van der Waals surface area (Å²) in [6.07, 6.45) is 0.638. The Morgan fingerprint density at radius 1 is 1.57 bits per heavy atom. The third-order valence-electron chi connectivity index (χ3n) is 3.36. The highest BCUT2D eigenvalue weighted by Gasteiger charge is 2.41. The summed E-state index contributed by atoms with van der Waals surface area (Å²) in [5.74, 6) is -1.40. The SMILES string of the molecule is CCOC(=O)c1cnn(CCO)c1N1CC(S(=O)(=O)F)CC1=O. The normalized spacial score (nSPS) is 18.5. The van der Waals surface area contributed by atoms with Gasteiger partial charge in [0, 0.05) is 13.0 Å². The molecule has 9 nitrogen and oxygen atoms in total. The predicted molar refractivity (Wildman–Crippen MR) is 76.1 cm³/mol. The number of hydrogen-bond acceptors (Lipinski definition) is 7. The fourth-order valence-corrected chi connectivity index (χ4v) is 3.01. The molecule has 23 heavy (non-hydrogen) atoms. The Morgan fingerprint density at radius 3 is 2.78 bits per heavy atom. The third-order valence-corrected chi connectivity index (χ3v) is 4.47. The highest BCUT2D eigenvalue weighted by atomic mass is 32.3. The summed E-state index contributed by atoms with van der Waals surface area (Å²) in [7, 11) is -4.89. The second kappa shape index (κ2) is 6.62. The molecule has 1 N–H and O–H groups in total. The van der Waals surface area contributed by atoms with Crippen molar-refractivity contribution >= 4 is 27.9 Å². The minimum Gasteiger partial charge on any atom is -0.462 e. The van der Waals surface area contributed by atoms with Gasteiger partial charge >= 0.3 is 16.2 Å². The zero-order valence-corrected chi connectivity index (χ0v) is 13.1. The summed E-state index contributed by atoms with van der Waals surface area (Å²) in [5, 5.41) is 11.4. The van der Waals surface area contributed by atoms with Gasteiger partial charge in [-0.25, -0.2) is 9.48 Å². The van der Waals surface area contributed by atoms with Gasteiger partial charge in [-0.2, -0.15) is 13.5 Å². The molecule has 1 aromatic heterocycles. The van der Waals surface area contributed by atoms with Crippen LogP contribution in [0.5, 0.6) is 0 Å². The molecule has 128 valence electrons. The molecule has 0 aliphatic carbocycles. The van der Waals surface area contributed by atoms with Crippen molar-refractivity contribution in [1.29, 1.82) is 0 Å². The molecular weight excluding hydrogens is 333 g/mol. The van der Waals surface area contributed by atoms with Gasteiger partial charge in [0.05, 0.1) is 26.0 Å². The van der Waals surface area contributed by atoms with Crippen LogP contribution in [-0.4, -0.2) is 60.2 Å². The van der Waals surface area contributed by atoms with Crippen LogP contribution in [0, 0.1) is 0 Å². The van der Waals surface area contributed by atoms with E-state index in [1.807, 2.05) is 0 Å². The molecule has 11 heteroatoms. The molecule has 1 amide bonds. The van der Waals surface area contributed by atoms with Crippen LogP contribution in [-0.2, 0) is 26.3 Å². The molecule has 0 spiro atoms. The first kappa shape index (κ1) is 17.3. The fraction of sp³-hybridized carbons (Fsp3) is 0.583. The standard InChI is InChI=1S/C12H16FN3O6S/c1-2-22-12(19)9-6-14-16(3-4-17)11(9)15-7-8(5-10(15)18)23(13,20)21/h6,8,17H,2-5,7H2,1H3. The molecular formula is C12H16FN3O6S. The lowest BCUT2D eigenvalue weighted by molar-refractivity contribution is -0.117. The lowest BCUT2D eigenvalue weighted by atomic mass is 10.3. The number of carbonyl (C=O) groups excluding carboxylic acids is 2. The van der Waals surface area contributed by atoms with E-state index < -0.39 is 40.3 Å². The van der Waals surface area contributed by atoms with Gasteiger partial charge in [0.2, 0.25) is 5.91 Å². The lowest BCUT2D eigenvalue weighted by Gasteiger charge is -2.19. The van der Waals surface area contributed by atoms with Crippen molar-refractivity contribution in [3.63, 3.8) is 0 Å². The number of aliphatic hydroxyl groups is 1. The summed E-state index contributed by atoms with van der Waals surface area (Å²) in [5.41, 5.74) is -0.0504. The molecule has 0 radical (unpaired) electrons. The van der Waals surface area contributed by atoms with Gasteiger partial charge in [0.25, 0.3) is 0 Å². The van der Waals surface area contributed by atoms with E-state index in [4.69, 9.17) is 9.84 Å². The molecule has 0 bridgehead atoms. The summed E-state index contributed by atoms with van der Waals surface area (Å²) in [6.45, 7) is 0.928. The van der Waals surface area contributed by atoms with Crippen LogP contribution in [0.25, 0.3) is 0 Å². The highest BCUT2D eigenvalue weighted by molar-refractivity contribution is 7.87. The average Bonchev–Trinajstić information content (AvgIpc) is 3.02. The molecule has 1 aliphatic heterocycles. The molecule has 1 aromatic rings. The summed E-state index contributed by atoms with van der Waals surface area (Å²) in [6, 6.07) is 0. The smallest absolute Gasteiger partial charge is 0.343 e. The molecule has 2 heterocycles. The second-order valence-corrected chi connectivity index (χ2v) is 6.47. The van der Waals surface area contributed by atoms with E-state index in [0.717, 1.165) is 11.1 Å². The predicted octanol–water partition coefficient (Wildman–Crippen LogP) is -0.543. The van der Waals surface area contributed by atoms with Crippen molar-refractivity contribution in [2.45, 2.75) is 25.1 Å². The first-order valence-electron chi connectivity index (χ1n) is 6.87. The van der Waals surface area contributed by atoms with E-state index >= 15 is 0 Å². The maximum Gasteiger partial charge on any atom is 0.343 e. The maximum atomic E-state index is 13.2. The zero-order valence-electron chi connectivity index (χ0n) is 12.3. The molecule has 1 aliphatic rings. The second-order valence-electron chi connectivity index (χ2n) is 4.86. The van der Waals surface area contributed by atoms with E-state index in [2.05, 4.69) is 5.10 Å². The molecule has 1 atom stereocenters. The third kappa shape index (κ3) is 3.50. The van der Waals surface area contributed by atoms with Crippen molar-refractivity contribution in [3.8, 4) is 0 Å². The van der Waals surface area contributed by atoms with Crippen molar-refractivity contribution in [2.75, 3.05) is 24.7 Å². The molecule has 2 rings (SSSR count). The van der Waals surface area contributed by atoms with Crippen molar-refractivity contribution in [2.24, 2.45) is 0 Å². The fourth-order valence-electron chi connectivity index (χ4n) is 2.34. The number of hydrogen-bond donors (Lipinski definition) is 1. The van der Waals surface area contributed by atoms with Crippen molar-refractivity contribution < 1.29 is 31.7 Å². The van der Waals surface area contributed by atoms with E-state index in [-0.39, 0.29) is 31.1 Å². The molecule has 0 aromatic carbocycles. The summed E-state index contributed by atoms with van der Waals surface area (Å²) >= 11 is 0. The van der Waals surface area contributed by atoms with E-state index in [1.54, 1.807) is 6.92 Å². The number of aromatic nitrogens is 2. The van der Waals surface area contributed by atoms with E-state index in [1.165, 1.54) is 4.68 Å². The van der Waals surface area contributed by atoms with Crippen molar-refractivity contribution in [1.82, 2.24) is 9.78 Å². The van der Waals surface area contributed by atoms with Crippen LogP contribution >= 0.6 is 0 Å². The topological polar surface area (TPSA) is 119 Å². The van der Waals surface area contributed by atoms with Crippen LogP contribution in [0.1, 0.15) is 23.7 Å². The Balaban J connectivity index is 2.42. The Hall–Kier alpha value is -2.01. The Morgan fingerprint density at radius 2 is 2.26 bits per heavy atom. The van der Waals surface area contributed by atoms with Gasteiger partial charge in [-0.1, -0.05) is 0 Å². The van der Waals surface area contributed by atoms with Gasteiger partial charge in [-0.05, 0) is 6.92 Å². The monoisotopic (exact) mass is 349 g/mol. The number of nitrogens with zero attached hydrogens (tertiary/aromatic N) is 3. The maximum absolute atomic E-state index is 13.2. The highest BCUT2D eigenvalue weighted by Crippen LogP contribution is 2.29. The summed E-state index contributed by atoms with van der Waals surface area (Å²) < 4.78 is 41.2. The Labute approximate surface area is 131 Å². The van der Waals surface area contributed by atoms with Gasteiger partial charge in [0.15, 0.2) is 0 Å².